The Balaban J connectivity index is 1.78. The summed E-state index contributed by atoms with van der Waals surface area (Å²) in [5.74, 6) is -0.218. The average Bonchev–Trinajstić information content (AvgIpc) is 3.31. The van der Waals surface area contributed by atoms with Crippen molar-refractivity contribution < 1.29 is 15.0 Å². The van der Waals surface area contributed by atoms with Crippen molar-refractivity contribution in [3.05, 3.63) is 24.0 Å². The van der Waals surface area contributed by atoms with E-state index in [2.05, 4.69) is 9.88 Å². The van der Waals surface area contributed by atoms with E-state index in [1.54, 1.807) is 12.3 Å². The van der Waals surface area contributed by atoms with E-state index in [9.17, 15) is 9.90 Å². The van der Waals surface area contributed by atoms with Gasteiger partial charge < -0.3 is 15.1 Å². The van der Waals surface area contributed by atoms with Gasteiger partial charge in [0.05, 0.1) is 6.61 Å². The van der Waals surface area contributed by atoms with Crippen LogP contribution in [0.4, 0.5) is 5.69 Å². The van der Waals surface area contributed by atoms with Gasteiger partial charge in [-0.3, -0.25) is 0 Å². The molecule has 1 aliphatic heterocycles. The zero-order chi connectivity index (χ0) is 14.9. The Morgan fingerprint density at radius 3 is 2.95 bits per heavy atom. The number of aliphatic hydroxyl groups excluding tert-OH is 1. The highest BCUT2D eigenvalue weighted by atomic mass is 16.4. The number of hydrogen-bond donors (Lipinski definition) is 2. The van der Waals surface area contributed by atoms with Crippen LogP contribution in [0.5, 0.6) is 0 Å². The molecule has 2 aliphatic rings. The summed E-state index contributed by atoms with van der Waals surface area (Å²) in [4.78, 5) is 17.1. The monoisotopic (exact) mass is 290 g/mol. The molecule has 0 aromatic carbocycles. The van der Waals surface area contributed by atoms with Crippen molar-refractivity contribution in [3.8, 4) is 0 Å². The number of aromatic nitrogens is 1. The molecule has 0 amide bonds. The molecule has 0 radical (unpaired) electrons. The Morgan fingerprint density at radius 2 is 2.29 bits per heavy atom. The zero-order valence-corrected chi connectivity index (χ0v) is 12.2. The van der Waals surface area contributed by atoms with Crippen LogP contribution in [0, 0.1) is 11.3 Å². The largest absolute Gasteiger partial charge is 0.477 e. The van der Waals surface area contributed by atoms with E-state index >= 15 is 0 Å². The molecule has 1 aromatic rings. The van der Waals surface area contributed by atoms with Gasteiger partial charge in [0.25, 0.3) is 0 Å². The summed E-state index contributed by atoms with van der Waals surface area (Å²) in [5, 5.41) is 19.0. The number of hydrogen-bond acceptors (Lipinski definition) is 4. The number of nitrogens with zero attached hydrogens (tertiary/aromatic N) is 2. The number of carbonyl (C=O) groups is 1. The summed E-state index contributed by atoms with van der Waals surface area (Å²) in [6.45, 7) is 1.94. The summed E-state index contributed by atoms with van der Waals surface area (Å²) in [5.41, 5.74) is 0.956. The predicted molar refractivity (Wildman–Crippen MR) is 79.5 cm³/mol. The van der Waals surface area contributed by atoms with Crippen LogP contribution in [0.1, 0.15) is 42.6 Å². The minimum Gasteiger partial charge on any atom is -0.477 e. The van der Waals surface area contributed by atoms with Gasteiger partial charge in [0.2, 0.25) is 0 Å². The number of piperidine rings is 1. The van der Waals surface area contributed by atoms with Crippen LogP contribution < -0.4 is 4.90 Å². The maximum atomic E-state index is 11.1. The number of carboxylic acids is 1. The molecule has 21 heavy (non-hydrogen) atoms. The lowest BCUT2D eigenvalue weighted by Gasteiger charge is -2.43. The topological polar surface area (TPSA) is 73.7 Å². The van der Waals surface area contributed by atoms with Crippen LogP contribution in [0.3, 0.4) is 0 Å². The molecule has 2 heterocycles. The van der Waals surface area contributed by atoms with Crippen LogP contribution in [0.15, 0.2) is 18.3 Å². The van der Waals surface area contributed by atoms with Crippen molar-refractivity contribution in [2.24, 2.45) is 11.3 Å². The van der Waals surface area contributed by atoms with E-state index in [0.29, 0.717) is 0 Å². The molecular formula is C16H22N2O3. The third-order valence-electron chi connectivity index (χ3n) is 4.74. The molecule has 1 atom stereocenters. The van der Waals surface area contributed by atoms with Crippen LogP contribution >= 0.6 is 0 Å². The number of aromatic carboxylic acids is 1. The standard InChI is InChI=1S/C16H22N2O3/c19-11-16(9-12-2-3-12)5-1-7-18(10-16)13-4-6-17-14(8-13)15(20)21/h4,6,8,12,19H,1-3,5,7,9-11H2,(H,20,21). The summed E-state index contributed by atoms with van der Waals surface area (Å²) < 4.78 is 0. The van der Waals surface area contributed by atoms with E-state index in [1.807, 2.05) is 6.07 Å². The van der Waals surface area contributed by atoms with Gasteiger partial charge in [-0.25, -0.2) is 9.78 Å². The molecule has 5 heteroatoms. The molecule has 1 saturated heterocycles. The number of aliphatic hydroxyl groups is 1. The molecule has 2 N–H and O–H groups in total. The zero-order valence-electron chi connectivity index (χ0n) is 12.2. The highest BCUT2D eigenvalue weighted by Crippen LogP contribution is 2.45. The SMILES string of the molecule is O=C(O)c1cc(N2CCCC(CO)(CC3CC3)C2)ccn1. The van der Waals surface area contributed by atoms with Crippen LogP contribution in [-0.4, -0.2) is 40.9 Å². The smallest absolute Gasteiger partial charge is 0.354 e. The molecule has 5 nitrogen and oxygen atoms in total. The van der Waals surface area contributed by atoms with Gasteiger partial charge >= 0.3 is 5.97 Å². The normalized spacial score (nSPS) is 25.9. The summed E-state index contributed by atoms with van der Waals surface area (Å²) in [6, 6.07) is 3.49. The number of rotatable bonds is 5. The molecule has 3 rings (SSSR count). The van der Waals surface area contributed by atoms with Gasteiger partial charge in [0, 0.05) is 30.4 Å². The summed E-state index contributed by atoms with van der Waals surface area (Å²) >= 11 is 0. The molecular weight excluding hydrogens is 268 g/mol. The van der Waals surface area contributed by atoms with Crippen molar-refractivity contribution in [1.29, 1.82) is 0 Å². The van der Waals surface area contributed by atoms with Crippen molar-refractivity contribution in [3.63, 3.8) is 0 Å². The van der Waals surface area contributed by atoms with Gasteiger partial charge in [-0.15, -0.1) is 0 Å². The summed E-state index contributed by atoms with van der Waals surface area (Å²) in [7, 11) is 0. The molecule has 1 aliphatic carbocycles. The molecule has 1 aromatic heterocycles. The third kappa shape index (κ3) is 3.18. The van der Waals surface area contributed by atoms with E-state index in [1.165, 1.54) is 12.8 Å². The van der Waals surface area contributed by atoms with E-state index < -0.39 is 5.97 Å². The van der Waals surface area contributed by atoms with Crippen LogP contribution in [-0.2, 0) is 0 Å². The minimum atomic E-state index is -1.000. The molecule has 1 saturated carbocycles. The van der Waals surface area contributed by atoms with Crippen molar-refractivity contribution in [1.82, 2.24) is 4.98 Å². The molecule has 0 bridgehead atoms. The fraction of sp³-hybridized carbons (Fsp3) is 0.625. The maximum Gasteiger partial charge on any atom is 0.354 e. The molecule has 0 spiro atoms. The van der Waals surface area contributed by atoms with Gasteiger partial charge in [0.15, 0.2) is 0 Å². The lowest BCUT2D eigenvalue weighted by atomic mass is 9.76. The Bertz CT molecular complexity index is 530. The fourth-order valence-electron chi connectivity index (χ4n) is 3.46. The van der Waals surface area contributed by atoms with Gasteiger partial charge in [-0.05, 0) is 37.3 Å². The number of anilines is 1. The van der Waals surface area contributed by atoms with Gasteiger partial charge in [0.1, 0.15) is 5.69 Å². The van der Waals surface area contributed by atoms with Crippen molar-refractivity contribution >= 4 is 11.7 Å². The summed E-state index contributed by atoms with van der Waals surface area (Å²) in [6.07, 6.45) is 7.33. The second-order valence-electron chi connectivity index (χ2n) is 6.54. The second-order valence-corrected chi connectivity index (χ2v) is 6.54. The lowest BCUT2D eigenvalue weighted by molar-refractivity contribution is 0.0690. The number of pyridine rings is 1. The van der Waals surface area contributed by atoms with E-state index in [-0.39, 0.29) is 17.7 Å². The maximum absolute atomic E-state index is 11.1. The van der Waals surface area contributed by atoms with Crippen molar-refractivity contribution in [2.75, 3.05) is 24.6 Å². The van der Waals surface area contributed by atoms with Crippen molar-refractivity contribution in [2.45, 2.75) is 32.1 Å². The Hall–Kier alpha value is -1.62. The van der Waals surface area contributed by atoms with E-state index in [4.69, 9.17) is 5.11 Å². The molecule has 114 valence electrons. The highest BCUT2D eigenvalue weighted by Gasteiger charge is 2.40. The minimum absolute atomic E-state index is 0.0218. The predicted octanol–water partition coefficient (Wildman–Crippen LogP) is 2.16. The third-order valence-corrected chi connectivity index (χ3v) is 4.74. The Morgan fingerprint density at radius 1 is 1.48 bits per heavy atom. The number of carboxylic acid groups (broad SMARTS) is 1. The quantitative estimate of drug-likeness (QED) is 0.869. The highest BCUT2D eigenvalue weighted by molar-refractivity contribution is 5.86. The van der Waals surface area contributed by atoms with Gasteiger partial charge in [-0.2, -0.15) is 0 Å². The molecule has 2 fully saturated rings. The Labute approximate surface area is 124 Å². The van der Waals surface area contributed by atoms with Gasteiger partial charge in [-0.1, -0.05) is 12.8 Å². The lowest BCUT2D eigenvalue weighted by Crippen LogP contribution is -2.45. The fourth-order valence-corrected chi connectivity index (χ4v) is 3.46. The second kappa shape index (κ2) is 5.64. The Kier molecular flexibility index (Phi) is 3.85. The first-order valence-corrected chi connectivity index (χ1v) is 7.67. The first kappa shape index (κ1) is 14.3. The molecule has 1 unspecified atom stereocenters. The first-order valence-electron chi connectivity index (χ1n) is 7.67. The first-order chi connectivity index (χ1) is 10.1. The average molecular weight is 290 g/mol. The van der Waals surface area contributed by atoms with E-state index in [0.717, 1.165) is 44.0 Å². The van der Waals surface area contributed by atoms with Crippen LogP contribution in [0.25, 0.3) is 0 Å². The van der Waals surface area contributed by atoms with Crippen LogP contribution in [0.2, 0.25) is 0 Å².